The molecule has 2 aromatic rings. The van der Waals surface area contributed by atoms with Gasteiger partial charge in [-0.1, -0.05) is 29.8 Å². The first kappa shape index (κ1) is 13.4. The summed E-state index contributed by atoms with van der Waals surface area (Å²) >= 11 is 0. The average Bonchev–Trinajstić information content (AvgIpc) is 2.39. The van der Waals surface area contributed by atoms with Crippen LogP contribution in [0.1, 0.15) is 11.1 Å². The molecule has 0 fully saturated rings. The Labute approximate surface area is 111 Å². The summed E-state index contributed by atoms with van der Waals surface area (Å²) in [5, 5.41) is 0. The summed E-state index contributed by atoms with van der Waals surface area (Å²) in [6, 6.07) is 7.60. The number of hydrogen-bond acceptors (Lipinski definition) is 5. The van der Waals surface area contributed by atoms with Crippen LogP contribution in [0.25, 0.3) is 0 Å². The number of anilines is 1. The van der Waals surface area contributed by atoms with E-state index in [1.807, 2.05) is 31.2 Å². The van der Waals surface area contributed by atoms with Crippen LogP contribution in [0.2, 0.25) is 0 Å². The molecule has 0 bridgehead atoms. The summed E-state index contributed by atoms with van der Waals surface area (Å²) in [4.78, 5) is 7.31. The normalized spacial score (nSPS) is 11.4. The zero-order valence-corrected chi connectivity index (χ0v) is 11.2. The summed E-state index contributed by atoms with van der Waals surface area (Å²) in [6.07, 6.45) is 2.36. The standard InChI is InChI=1S/C12H14N4O2S/c1-9-2-4-10(5-3-9)6-16-19(17,18)11-7-14-12(13)15-8-11/h2-5,7-8,16H,6H2,1H3,(H2,13,14,15). The van der Waals surface area contributed by atoms with E-state index in [1.54, 1.807) is 0 Å². The number of rotatable bonds is 4. The molecule has 19 heavy (non-hydrogen) atoms. The maximum Gasteiger partial charge on any atom is 0.243 e. The number of nitrogens with two attached hydrogens (primary N) is 1. The molecule has 7 heteroatoms. The van der Waals surface area contributed by atoms with E-state index in [0.717, 1.165) is 11.1 Å². The van der Waals surface area contributed by atoms with Crippen molar-refractivity contribution >= 4 is 16.0 Å². The Kier molecular flexibility index (Phi) is 3.77. The molecule has 0 aliphatic heterocycles. The van der Waals surface area contributed by atoms with Crippen LogP contribution in [0, 0.1) is 6.92 Å². The van der Waals surface area contributed by atoms with Gasteiger partial charge < -0.3 is 5.73 Å². The second kappa shape index (κ2) is 5.33. The van der Waals surface area contributed by atoms with Crippen LogP contribution >= 0.6 is 0 Å². The summed E-state index contributed by atoms with van der Waals surface area (Å²) in [7, 11) is -3.62. The Morgan fingerprint density at radius 3 is 2.32 bits per heavy atom. The molecule has 0 spiro atoms. The lowest BCUT2D eigenvalue weighted by Gasteiger charge is -2.06. The van der Waals surface area contributed by atoms with Crippen LogP contribution in [0.15, 0.2) is 41.6 Å². The zero-order valence-electron chi connectivity index (χ0n) is 10.4. The van der Waals surface area contributed by atoms with E-state index < -0.39 is 10.0 Å². The summed E-state index contributed by atoms with van der Waals surface area (Å²) in [6.45, 7) is 2.19. The second-order valence-corrected chi connectivity index (χ2v) is 5.85. The Bertz CT molecular complexity index is 651. The fourth-order valence-electron chi connectivity index (χ4n) is 1.43. The van der Waals surface area contributed by atoms with Crippen molar-refractivity contribution < 1.29 is 8.42 Å². The van der Waals surface area contributed by atoms with E-state index in [4.69, 9.17) is 5.73 Å². The van der Waals surface area contributed by atoms with Crippen molar-refractivity contribution in [1.82, 2.24) is 14.7 Å². The van der Waals surface area contributed by atoms with Crippen molar-refractivity contribution in [2.45, 2.75) is 18.4 Å². The summed E-state index contributed by atoms with van der Waals surface area (Å²) in [5.41, 5.74) is 7.32. The van der Waals surface area contributed by atoms with Gasteiger partial charge in [0.05, 0.1) is 12.4 Å². The Hall–Kier alpha value is -1.99. The van der Waals surface area contributed by atoms with Gasteiger partial charge in [0, 0.05) is 6.54 Å². The molecule has 1 heterocycles. The van der Waals surface area contributed by atoms with Gasteiger partial charge in [-0.3, -0.25) is 0 Å². The number of hydrogen-bond donors (Lipinski definition) is 2. The van der Waals surface area contributed by atoms with Crippen LogP contribution in [0.3, 0.4) is 0 Å². The van der Waals surface area contributed by atoms with Crippen molar-refractivity contribution in [3.63, 3.8) is 0 Å². The smallest absolute Gasteiger partial charge is 0.243 e. The molecule has 0 unspecified atom stereocenters. The average molecular weight is 278 g/mol. The Morgan fingerprint density at radius 1 is 1.16 bits per heavy atom. The lowest BCUT2D eigenvalue weighted by Crippen LogP contribution is -2.23. The fraction of sp³-hybridized carbons (Fsp3) is 0.167. The van der Waals surface area contributed by atoms with Crippen LogP contribution in [-0.2, 0) is 16.6 Å². The predicted molar refractivity (Wildman–Crippen MR) is 71.6 cm³/mol. The van der Waals surface area contributed by atoms with Crippen molar-refractivity contribution in [1.29, 1.82) is 0 Å². The SMILES string of the molecule is Cc1ccc(CNS(=O)(=O)c2cnc(N)nc2)cc1. The Morgan fingerprint density at radius 2 is 1.74 bits per heavy atom. The molecule has 0 saturated carbocycles. The highest BCUT2D eigenvalue weighted by atomic mass is 32.2. The van der Waals surface area contributed by atoms with E-state index in [9.17, 15) is 8.42 Å². The maximum atomic E-state index is 12.0. The highest BCUT2D eigenvalue weighted by Gasteiger charge is 2.14. The molecule has 0 atom stereocenters. The first-order valence-corrected chi connectivity index (χ1v) is 7.08. The van der Waals surface area contributed by atoms with Gasteiger partial charge in [-0.25, -0.2) is 23.1 Å². The van der Waals surface area contributed by atoms with Crippen LogP contribution in [0.5, 0.6) is 0 Å². The highest BCUT2D eigenvalue weighted by molar-refractivity contribution is 7.89. The van der Waals surface area contributed by atoms with Crippen molar-refractivity contribution in [3.05, 3.63) is 47.8 Å². The maximum absolute atomic E-state index is 12.0. The van der Waals surface area contributed by atoms with E-state index in [2.05, 4.69) is 14.7 Å². The second-order valence-electron chi connectivity index (χ2n) is 4.09. The van der Waals surface area contributed by atoms with Crippen LogP contribution in [-0.4, -0.2) is 18.4 Å². The molecule has 3 N–H and O–H groups in total. The Balaban J connectivity index is 2.09. The molecule has 1 aromatic heterocycles. The van der Waals surface area contributed by atoms with Gasteiger partial charge in [-0.15, -0.1) is 0 Å². The predicted octanol–water partition coefficient (Wildman–Crippen LogP) is 0.846. The van der Waals surface area contributed by atoms with Crippen molar-refractivity contribution in [2.24, 2.45) is 0 Å². The topological polar surface area (TPSA) is 98.0 Å². The number of benzene rings is 1. The molecule has 0 amide bonds. The van der Waals surface area contributed by atoms with E-state index in [0.29, 0.717) is 0 Å². The molecule has 0 aliphatic carbocycles. The molecular formula is C12H14N4O2S. The largest absolute Gasteiger partial charge is 0.368 e. The minimum atomic E-state index is -3.62. The van der Waals surface area contributed by atoms with Gasteiger partial charge in [0.15, 0.2) is 0 Å². The minimum Gasteiger partial charge on any atom is -0.368 e. The van der Waals surface area contributed by atoms with Gasteiger partial charge in [0.1, 0.15) is 4.90 Å². The fourth-order valence-corrected chi connectivity index (χ4v) is 2.34. The monoisotopic (exact) mass is 278 g/mol. The van der Waals surface area contributed by atoms with E-state index in [-0.39, 0.29) is 17.4 Å². The molecule has 100 valence electrons. The lowest BCUT2D eigenvalue weighted by molar-refractivity contribution is 0.580. The number of aryl methyl sites for hydroxylation is 1. The molecule has 1 aromatic carbocycles. The number of sulfonamides is 1. The number of nitrogen functional groups attached to an aromatic ring is 1. The van der Waals surface area contributed by atoms with Gasteiger partial charge in [-0.2, -0.15) is 0 Å². The number of nitrogens with zero attached hydrogens (tertiary/aromatic N) is 2. The lowest BCUT2D eigenvalue weighted by atomic mass is 10.2. The third-order valence-corrected chi connectivity index (χ3v) is 3.90. The first-order chi connectivity index (χ1) is 8.97. The van der Waals surface area contributed by atoms with Gasteiger partial charge in [-0.05, 0) is 12.5 Å². The zero-order chi connectivity index (χ0) is 13.9. The van der Waals surface area contributed by atoms with Gasteiger partial charge in [0.2, 0.25) is 16.0 Å². The summed E-state index contributed by atoms with van der Waals surface area (Å²) < 4.78 is 26.4. The number of aromatic nitrogens is 2. The van der Waals surface area contributed by atoms with E-state index >= 15 is 0 Å². The highest BCUT2D eigenvalue weighted by Crippen LogP contribution is 2.08. The number of nitrogens with one attached hydrogen (secondary N) is 1. The summed E-state index contributed by atoms with van der Waals surface area (Å²) in [5.74, 6) is 0.0393. The molecule has 2 rings (SSSR count). The van der Waals surface area contributed by atoms with Crippen LogP contribution < -0.4 is 10.5 Å². The molecule has 6 nitrogen and oxygen atoms in total. The minimum absolute atomic E-state index is 0.00573. The van der Waals surface area contributed by atoms with Gasteiger partial charge >= 0.3 is 0 Å². The molecule has 0 aliphatic rings. The first-order valence-electron chi connectivity index (χ1n) is 5.60. The molecular weight excluding hydrogens is 264 g/mol. The third-order valence-electron chi connectivity index (χ3n) is 2.55. The van der Waals surface area contributed by atoms with Gasteiger partial charge in [0.25, 0.3) is 0 Å². The third kappa shape index (κ3) is 3.49. The van der Waals surface area contributed by atoms with Crippen molar-refractivity contribution in [2.75, 3.05) is 5.73 Å². The van der Waals surface area contributed by atoms with Crippen molar-refractivity contribution in [3.8, 4) is 0 Å². The molecule has 0 saturated heterocycles. The molecule has 0 radical (unpaired) electrons. The van der Waals surface area contributed by atoms with Crippen LogP contribution in [0.4, 0.5) is 5.95 Å². The quantitative estimate of drug-likeness (QED) is 0.863. The van der Waals surface area contributed by atoms with E-state index in [1.165, 1.54) is 12.4 Å².